The molecule has 1 aliphatic heterocycles. The highest BCUT2D eigenvalue weighted by Crippen LogP contribution is 2.28. The van der Waals surface area contributed by atoms with E-state index in [1.807, 2.05) is 17.9 Å². The lowest BCUT2D eigenvalue weighted by Gasteiger charge is -2.34. The van der Waals surface area contributed by atoms with Gasteiger partial charge in [0.25, 0.3) is 5.56 Å². The van der Waals surface area contributed by atoms with E-state index in [9.17, 15) is 14.9 Å². The molecule has 25 heavy (non-hydrogen) atoms. The van der Waals surface area contributed by atoms with Gasteiger partial charge in [-0.15, -0.1) is 0 Å². The first-order valence-corrected chi connectivity index (χ1v) is 8.25. The third-order valence-corrected chi connectivity index (χ3v) is 4.62. The van der Waals surface area contributed by atoms with Crippen LogP contribution in [0.1, 0.15) is 43.0 Å². The monoisotopic (exact) mass is 344 g/mol. The molecule has 9 nitrogen and oxygen atoms in total. The van der Waals surface area contributed by atoms with Crippen LogP contribution in [0.2, 0.25) is 0 Å². The first-order chi connectivity index (χ1) is 12.0. The molecule has 0 N–H and O–H groups in total. The zero-order valence-corrected chi connectivity index (χ0v) is 14.5. The highest BCUT2D eigenvalue weighted by atomic mass is 16.5. The van der Waals surface area contributed by atoms with Crippen molar-refractivity contribution < 1.29 is 4.52 Å². The molecule has 0 radical (unpaired) electrons. The van der Waals surface area contributed by atoms with Gasteiger partial charge in [0.05, 0.1) is 0 Å². The van der Waals surface area contributed by atoms with Gasteiger partial charge in [-0.3, -0.25) is 13.9 Å². The minimum atomic E-state index is -0.574. The second kappa shape index (κ2) is 6.55. The van der Waals surface area contributed by atoms with Gasteiger partial charge in [-0.2, -0.15) is 10.2 Å². The third kappa shape index (κ3) is 2.84. The molecule has 2 aromatic rings. The summed E-state index contributed by atoms with van der Waals surface area (Å²) in [4.78, 5) is 30.8. The second-order valence-corrected chi connectivity index (χ2v) is 6.20. The molecule has 0 aromatic carbocycles. The summed E-state index contributed by atoms with van der Waals surface area (Å²) in [6.45, 7) is 3.13. The number of piperidine rings is 1. The van der Waals surface area contributed by atoms with Crippen LogP contribution in [0.25, 0.3) is 0 Å². The molecule has 1 aliphatic rings. The lowest BCUT2D eigenvalue weighted by atomic mass is 9.97. The smallest absolute Gasteiger partial charge is 0.332 e. The highest BCUT2D eigenvalue weighted by molar-refractivity contribution is 5.54. The summed E-state index contributed by atoms with van der Waals surface area (Å²) in [7, 11) is 2.95. The molecular formula is C16H20N6O3. The summed E-state index contributed by atoms with van der Waals surface area (Å²) in [5, 5.41) is 13.5. The molecule has 9 heteroatoms. The standard InChI is InChI=1S/C16H20N6O3/c1-4-12-18-13(19-25-12)10-6-5-7-22(9-10)14-11(8-17)15(23)21(3)16(24)20(14)2/h10H,4-7,9H2,1-3H3. The third-order valence-electron chi connectivity index (χ3n) is 4.62. The van der Waals surface area contributed by atoms with Crippen molar-refractivity contribution in [2.24, 2.45) is 14.1 Å². The van der Waals surface area contributed by atoms with Crippen LogP contribution in [0.3, 0.4) is 0 Å². The lowest BCUT2D eigenvalue weighted by molar-refractivity contribution is 0.367. The van der Waals surface area contributed by atoms with Crippen LogP contribution in [-0.2, 0) is 20.5 Å². The fraction of sp³-hybridized carbons (Fsp3) is 0.562. The zero-order chi connectivity index (χ0) is 18.1. The summed E-state index contributed by atoms with van der Waals surface area (Å²) in [5.74, 6) is 1.61. The Kier molecular flexibility index (Phi) is 4.44. The molecule has 0 aliphatic carbocycles. The SMILES string of the molecule is CCc1nc(C2CCCN(c3c(C#N)c(=O)n(C)c(=O)n3C)C2)no1. The molecule has 1 atom stereocenters. The van der Waals surface area contributed by atoms with E-state index in [0.29, 0.717) is 37.0 Å². The molecule has 0 bridgehead atoms. The predicted octanol–water partition coefficient (Wildman–Crippen LogP) is 0.285. The zero-order valence-electron chi connectivity index (χ0n) is 14.5. The van der Waals surface area contributed by atoms with Crippen molar-refractivity contribution >= 4 is 5.82 Å². The fourth-order valence-corrected chi connectivity index (χ4v) is 3.26. The quantitative estimate of drug-likeness (QED) is 0.786. The average molecular weight is 344 g/mol. The summed E-state index contributed by atoms with van der Waals surface area (Å²) in [6.07, 6.45) is 2.40. The van der Waals surface area contributed by atoms with Crippen LogP contribution in [-0.4, -0.2) is 32.4 Å². The van der Waals surface area contributed by atoms with Crippen molar-refractivity contribution in [1.29, 1.82) is 5.26 Å². The Labute approximate surface area is 144 Å². The van der Waals surface area contributed by atoms with Gasteiger partial charge in [0.15, 0.2) is 11.4 Å². The molecule has 0 amide bonds. The number of hydrogen-bond acceptors (Lipinski definition) is 7. The summed E-state index contributed by atoms with van der Waals surface area (Å²) < 4.78 is 7.50. The van der Waals surface area contributed by atoms with Crippen molar-refractivity contribution in [3.63, 3.8) is 0 Å². The van der Waals surface area contributed by atoms with E-state index in [0.717, 1.165) is 17.4 Å². The summed E-state index contributed by atoms with van der Waals surface area (Å²) in [6, 6.07) is 1.95. The van der Waals surface area contributed by atoms with E-state index in [1.165, 1.54) is 11.6 Å². The second-order valence-electron chi connectivity index (χ2n) is 6.20. The van der Waals surface area contributed by atoms with Gasteiger partial charge in [-0.25, -0.2) is 4.79 Å². The topological polar surface area (TPSA) is 110 Å². The number of anilines is 1. The number of rotatable bonds is 3. The van der Waals surface area contributed by atoms with Crippen LogP contribution in [0.15, 0.2) is 14.1 Å². The van der Waals surface area contributed by atoms with Gasteiger partial charge >= 0.3 is 5.69 Å². The first kappa shape index (κ1) is 17.0. The predicted molar refractivity (Wildman–Crippen MR) is 89.5 cm³/mol. The van der Waals surface area contributed by atoms with Crippen LogP contribution in [0.5, 0.6) is 0 Å². The van der Waals surface area contributed by atoms with E-state index < -0.39 is 11.2 Å². The number of nitrogens with zero attached hydrogens (tertiary/aromatic N) is 6. The lowest BCUT2D eigenvalue weighted by Crippen LogP contribution is -2.45. The van der Waals surface area contributed by atoms with Gasteiger partial charge in [-0.05, 0) is 12.8 Å². The van der Waals surface area contributed by atoms with E-state index >= 15 is 0 Å². The molecule has 1 unspecified atom stereocenters. The highest BCUT2D eigenvalue weighted by Gasteiger charge is 2.29. The Bertz CT molecular complexity index is 948. The number of hydrogen-bond donors (Lipinski definition) is 0. The van der Waals surface area contributed by atoms with E-state index in [2.05, 4.69) is 10.1 Å². The van der Waals surface area contributed by atoms with Crippen LogP contribution in [0, 0.1) is 11.3 Å². The van der Waals surface area contributed by atoms with Crippen molar-refractivity contribution in [3.05, 3.63) is 38.1 Å². The maximum Gasteiger partial charge on any atom is 0.332 e. The molecule has 2 aromatic heterocycles. The number of aryl methyl sites for hydroxylation is 1. The average Bonchev–Trinajstić information content (AvgIpc) is 3.12. The van der Waals surface area contributed by atoms with Crippen LogP contribution >= 0.6 is 0 Å². The van der Waals surface area contributed by atoms with Gasteiger partial charge in [0.1, 0.15) is 11.9 Å². The molecule has 132 valence electrons. The van der Waals surface area contributed by atoms with Gasteiger partial charge in [-0.1, -0.05) is 12.1 Å². The van der Waals surface area contributed by atoms with Crippen molar-refractivity contribution in [1.82, 2.24) is 19.3 Å². The molecule has 3 heterocycles. The van der Waals surface area contributed by atoms with Crippen LogP contribution < -0.4 is 16.1 Å². The number of aromatic nitrogens is 4. The maximum atomic E-state index is 12.3. The first-order valence-electron chi connectivity index (χ1n) is 8.25. The van der Waals surface area contributed by atoms with E-state index in [4.69, 9.17) is 4.52 Å². The molecule has 0 saturated carbocycles. The Balaban J connectivity index is 2.01. The van der Waals surface area contributed by atoms with Gasteiger partial charge < -0.3 is 9.42 Å². The summed E-state index contributed by atoms with van der Waals surface area (Å²) >= 11 is 0. The molecule has 3 rings (SSSR count). The molecular weight excluding hydrogens is 324 g/mol. The van der Waals surface area contributed by atoms with Crippen molar-refractivity contribution in [3.8, 4) is 6.07 Å². The van der Waals surface area contributed by atoms with Crippen LogP contribution in [0.4, 0.5) is 5.82 Å². The maximum absolute atomic E-state index is 12.3. The van der Waals surface area contributed by atoms with E-state index in [1.54, 1.807) is 7.05 Å². The van der Waals surface area contributed by atoms with Crippen molar-refractivity contribution in [2.75, 3.05) is 18.0 Å². The minimum Gasteiger partial charge on any atom is -0.356 e. The van der Waals surface area contributed by atoms with Gasteiger partial charge in [0.2, 0.25) is 5.89 Å². The fourth-order valence-electron chi connectivity index (χ4n) is 3.26. The molecule has 1 fully saturated rings. The van der Waals surface area contributed by atoms with Gasteiger partial charge in [0, 0.05) is 39.5 Å². The Morgan fingerprint density at radius 1 is 1.32 bits per heavy atom. The number of nitriles is 1. The Hall–Kier alpha value is -2.89. The minimum absolute atomic E-state index is 0.0207. The van der Waals surface area contributed by atoms with E-state index in [-0.39, 0.29) is 11.5 Å². The molecule has 0 spiro atoms. The Morgan fingerprint density at radius 3 is 2.72 bits per heavy atom. The largest absolute Gasteiger partial charge is 0.356 e. The summed E-state index contributed by atoms with van der Waals surface area (Å²) in [5.41, 5.74) is -1.04. The molecule has 1 saturated heterocycles. The van der Waals surface area contributed by atoms with Crippen molar-refractivity contribution in [2.45, 2.75) is 32.1 Å². The Morgan fingerprint density at radius 2 is 2.08 bits per heavy atom. The normalized spacial score (nSPS) is 17.5.